The summed E-state index contributed by atoms with van der Waals surface area (Å²) in [5, 5.41) is 0. The van der Waals surface area contributed by atoms with Gasteiger partial charge in [0, 0.05) is 5.56 Å². The molecule has 0 aliphatic heterocycles. The molecule has 0 amide bonds. The van der Waals surface area contributed by atoms with Gasteiger partial charge in [0.15, 0.2) is 0 Å². The zero-order chi connectivity index (χ0) is 16.5. The molecule has 0 aromatic heterocycles. The molecule has 0 aliphatic rings. The van der Waals surface area contributed by atoms with Gasteiger partial charge >= 0.3 is 10.1 Å². The first-order valence-corrected chi connectivity index (χ1v) is 8.63. The molecule has 0 saturated heterocycles. The van der Waals surface area contributed by atoms with Crippen molar-refractivity contribution in [2.24, 2.45) is 0 Å². The predicted octanol–water partition coefficient (Wildman–Crippen LogP) is 4.37. The lowest BCUT2D eigenvalue weighted by Gasteiger charge is -2.23. The Morgan fingerprint density at radius 1 is 0.909 bits per heavy atom. The Morgan fingerprint density at radius 3 is 2.05 bits per heavy atom. The fourth-order valence-corrected chi connectivity index (χ4v) is 3.22. The fraction of sp³-hybridized carbons (Fsp3) is 0.333. The van der Waals surface area contributed by atoms with E-state index in [2.05, 4.69) is 0 Å². The van der Waals surface area contributed by atoms with Crippen molar-refractivity contribution in [1.82, 2.24) is 0 Å². The Bertz CT molecular complexity index is 767. The lowest BCUT2D eigenvalue weighted by Crippen LogP contribution is -2.17. The zero-order valence-electron chi connectivity index (χ0n) is 13.7. The van der Waals surface area contributed by atoms with Gasteiger partial charge in [0.25, 0.3) is 0 Å². The molecule has 0 radical (unpaired) electrons. The predicted molar refractivity (Wildman–Crippen MR) is 88.9 cm³/mol. The molecule has 0 N–H and O–H groups in total. The van der Waals surface area contributed by atoms with Crippen LogP contribution in [0.5, 0.6) is 5.75 Å². The van der Waals surface area contributed by atoms with Crippen LogP contribution in [0.2, 0.25) is 0 Å². The van der Waals surface area contributed by atoms with E-state index in [9.17, 15) is 8.42 Å². The molecule has 0 spiro atoms. The standard InChI is InChI=1S/C18H22O3S/c1-13-9-11-15(12-10-13)22(19,20)21-17-14(2)7-6-8-16(17)18(3,4)5/h6-12H,1-5H3. The van der Waals surface area contributed by atoms with Crippen molar-refractivity contribution in [3.8, 4) is 5.75 Å². The van der Waals surface area contributed by atoms with Crippen molar-refractivity contribution in [2.45, 2.75) is 44.9 Å². The fourth-order valence-electron chi connectivity index (χ4n) is 2.22. The average Bonchev–Trinajstić information content (AvgIpc) is 2.40. The monoisotopic (exact) mass is 318 g/mol. The van der Waals surface area contributed by atoms with Crippen LogP contribution >= 0.6 is 0 Å². The van der Waals surface area contributed by atoms with Crippen molar-refractivity contribution in [1.29, 1.82) is 0 Å². The van der Waals surface area contributed by atoms with Gasteiger partial charge in [0.2, 0.25) is 0 Å². The Morgan fingerprint density at radius 2 is 1.50 bits per heavy atom. The van der Waals surface area contributed by atoms with E-state index in [1.165, 1.54) is 0 Å². The summed E-state index contributed by atoms with van der Waals surface area (Å²) in [6.07, 6.45) is 0. The molecule has 2 aromatic carbocycles. The Labute approximate surface area is 133 Å². The van der Waals surface area contributed by atoms with Crippen LogP contribution in [0.3, 0.4) is 0 Å². The highest BCUT2D eigenvalue weighted by molar-refractivity contribution is 7.87. The van der Waals surface area contributed by atoms with Crippen LogP contribution in [0, 0.1) is 13.8 Å². The normalized spacial score (nSPS) is 12.2. The van der Waals surface area contributed by atoms with Crippen LogP contribution < -0.4 is 4.18 Å². The zero-order valence-corrected chi connectivity index (χ0v) is 14.5. The minimum Gasteiger partial charge on any atom is -0.378 e. The Hall–Kier alpha value is -1.81. The van der Waals surface area contributed by atoms with Crippen molar-refractivity contribution in [3.05, 3.63) is 59.2 Å². The summed E-state index contributed by atoms with van der Waals surface area (Å²) in [5.74, 6) is 0.426. The summed E-state index contributed by atoms with van der Waals surface area (Å²) >= 11 is 0. The van der Waals surface area contributed by atoms with Gasteiger partial charge in [0.05, 0.1) is 0 Å². The molecule has 0 atom stereocenters. The molecule has 118 valence electrons. The lowest BCUT2D eigenvalue weighted by atomic mass is 9.85. The van der Waals surface area contributed by atoms with E-state index in [1.54, 1.807) is 24.3 Å². The van der Waals surface area contributed by atoms with Crippen LogP contribution in [-0.4, -0.2) is 8.42 Å². The molecule has 0 fully saturated rings. The number of para-hydroxylation sites is 1. The maximum atomic E-state index is 12.5. The van der Waals surface area contributed by atoms with Crippen molar-refractivity contribution < 1.29 is 12.6 Å². The second kappa shape index (κ2) is 5.76. The van der Waals surface area contributed by atoms with E-state index in [-0.39, 0.29) is 10.3 Å². The number of hydrogen-bond acceptors (Lipinski definition) is 3. The summed E-state index contributed by atoms with van der Waals surface area (Å²) in [7, 11) is -3.84. The molecule has 0 heterocycles. The number of aryl methyl sites for hydroxylation is 2. The third kappa shape index (κ3) is 3.50. The van der Waals surface area contributed by atoms with E-state index < -0.39 is 10.1 Å². The van der Waals surface area contributed by atoms with Crippen LogP contribution in [0.4, 0.5) is 0 Å². The topological polar surface area (TPSA) is 43.4 Å². The summed E-state index contributed by atoms with van der Waals surface area (Å²) in [6, 6.07) is 12.3. The summed E-state index contributed by atoms with van der Waals surface area (Å²) in [4.78, 5) is 0.168. The Balaban J connectivity index is 2.48. The molecular weight excluding hydrogens is 296 g/mol. The maximum Gasteiger partial charge on any atom is 0.339 e. The minimum atomic E-state index is -3.84. The van der Waals surface area contributed by atoms with Crippen LogP contribution in [-0.2, 0) is 15.5 Å². The van der Waals surface area contributed by atoms with Gasteiger partial charge < -0.3 is 4.18 Å². The summed E-state index contributed by atoms with van der Waals surface area (Å²) in [5.41, 5.74) is 2.49. The van der Waals surface area contributed by atoms with Crippen molar-refractivity contribution in [3.63, 3.8) is 0 Å². The van der Waals surface area contributed by atoms with Crippen LogP contribution in [0.1, 0.15) is 37.5 Å². The number of benzene rings is 2. The summed E-state index contributed by atoms with van der Waals surface area (Å²) < 4.78 is 30.5. The van der Waals surface area contributed by atoms with Crippen LogP contribution in [0.15, 0.2) is 47.4 Å². The van der Waals surface area contributed by atoms with E-state index in [0.717, 1.165) is 16.7 Å². The molecule has 0 bridgehead atoms. The molecule has 0 unspecified atom stereocenters. The molecule has 0 aliphatic carbocycles. The smallest absolute Gasteiger partial charge is 0.339 e. The number of rotatable bonds is 3. The van der Waals surface area contributed by atoms with Crippen molar-refractivity contribution >= 4 is 10.1 Å². The first-order valence-electron chi connectivity index (χ1n) is 7.22. The molecular formula is C18H22O3S. The molecule has 3 nitrogen and oxygen atoms in total. The Kier molecular flexibility index (Phi) is 4.34. The molecule has 2 rings (SSSR count). The highest BCUT2D eigenvalue weighted by Crippen LogP contribution is 2.35. The molecule has 22 heavy (non-hydrogen) atoms. The second-order valence-electron chi connectivity index (χ2n) is 6.55. The van der Waals surface area contributed by atoms with Gasteiger partial charge in [0.1, 0.15) is 10.6 Å². The first-order chi connectivity index (χ1) is 10.1. The molecule has 4 heteroatoms. The maximum absolute atomic E-state index is 12.5. The van der Waals surface area contributed by atoms with Gasteiger partial charge in [-0.15, -0.1) is 0 Å². The highest BCUT2D eigenvalue weighted by Gasteiger charge is 2.25. The molecule has 0 saturated carbocycles. The second-order valence-corrected chi connectivity index (χ2v) is 8.10. The van der Waals surface area contributed by atoms with E-state index in [4.69, 9.17) is 4.18 Å². The average molecular weight is 318 g/mol. The van der Waals surface area contributed by atoms with Crippen molar-refractivity contribution in [2.75, 3.05) is 0 Å². The van der Waals surface area contributed by atoms with Crippen LogP contribution in [0.25, 0.3) is 0 Å². The largest absolute Gasteiger partial charge is 0.378 e. The van der Waals surface area contributed by atoms with E-state index in [0.29, 0.717) is 5.75 Å². The van der Waals surface area contributed by atoms with Gasteiger partial charge in [-0.3, -0.25) is 0 Å². The van der Waals surface area contributed by atoms with E-state index >= 15 is 0 Å². The van der Waals surface area contributed by atoms with E-state index in [1.807, 2.05) is 52.8 Å². The minimum absolute atomic E-state index is 0.168. The SMILES string of the molecule is Cc1ccc(S(=O)(=O)Oc2c(C)cccc2C(C)(C)C)cc1. The highest BCUT2D eigenvalue weighted by atomic mass is 32.2. The van der Waals surface area contributed by atoms with Gasteiger partial charge in [-0.1, -0.05) is 56.7 Å². The third-order valence-electron chi connectivity index (χ3n) is 3.52. The van der Waals surface area contributed by atoms with Gasteiger partial charge in [-0.05, 0) is 37.0 Å². The number of hydrogen-bond donors (Lipinski definition) is 0. The third-order valence-corrected chi connectivity index (χ3v) is 4.76. The quantitative estimate of drug-likeness (QED) is 0.789. The van der Waals surface area contributed by atoms with Gasteiger partial charge in [-0.25, -0.2) is 0 Å². The van der Waals surface area contributed by atoms with Gasteiger partial charge in [-0.2, -0.15) is 8.42 Å². The lowest BCUT2D eigenvalue weighted by molar-refractivity contribution is 0.468. The summed E-state index contributed by atoms with van der Waals surface area (Å²) in [6.45, 7) is 9.87. The first kappa shape index (κ1) is 16.6. The molecule has 2 aromatic rings.